The minimum atomic E-state index is 0.468. The second kappa shape index (κ2) is 6.42. The third-order valence-corrected chi connectivity index (χ3v) is 4.27. The number of hydrogen-bond donors (Lipinski definition) is 2. The molecule has 0 aliphatic carbocycles. The van der Waals surface area contributed by atoms with E-state index in [1.807, 2.05) is 0 Å². The van der Waals surface area contributed by atoms with Crippen LogP contribution in [0.25, 0.3) is 0 Å². The molecule has 1 aromatic rings. The fraction of sp³-hybridized carbons (Fsp3) is 0.647. The first-order chi connectivity index (χ1) is 9.13. The summed E-state index contributed by atoms with van der Waals surface area (Å²) in [7, 11) is 0. The molecule has 1 unspecified atom stereocenters. The van der Waals surface area contributed by atoms with Gasteiger partial charge in [0.05, 0.1) is 0 Å². The zero-order valence-electron chi connectivity index (χ0n) is 12.5. The Hall–Kier alpha value is -1.02. The number of piperidine rings is 1. The molecule has 0 bridgehead atoms. The fourth-order valence-corrected chi connectivity index (χ4v) is 3.09. The summed E-state index contributed by atoms with van der Waals surface area (Å²) in [5.74, 6) is 1.01. The van der Waals surface area contributed by atoms with Crippen molar-refractivity contribution >= 4 is 0 Å². The van der Waals surface area contributed by atoms with E-state index in [0.717, 1.165) is 24.9 Å². The van der Waals surface area contributed by atoms with Crippen LogP contribution in [0.15, 0.2) is 12.1 Å². The van der Waals surface area contributed by atoms with E-state index < -0.39 is 0 Å². The molecule has 2 N–H and O–H groups in total. The molecular formula is C17H27NO. The van der Waals surface area contributed by atoms with Crippen LogP contribution in [-0.4, -0.2) is 17.7 Å². The summed E-state index contributed by atoms with van der Waals surface area (Å²) in [5, 5.41) is 14.1. The Bertz CT molecular complexity index is 420. The van der Waals surface area contributed by atoms with E-state index >= 15 is 0 Å². The molecule has 0 saturated carbocycles. The number of hydrogen-bond acceptors (Lipinski definition) is 2. The Morgan fingerprint density at radius 3 is 2.68 bits per heavy atom. The van der Waals surface area contributed by atoms with E-state index in [-0.39, 0.29) is 0 Å². The highest BCUT2D eigenvalue weighted by molar-refractivity contribution is 5.47. The first-order valence-corrected chi connectivity index (χ1v) is 7.70. The molecule has 1 atom stereocenters. The van der Waals surface area contributed by atoms with E-state index in [1.165, 1.54) is 30.4 Å². The Morgan fingerprint density at radius 2 is 2.11 bits per heavy atom. The molecule has 1 aliphatic heterocycles. The molecule has 0 aromatic heterocycles. The van der Waals surface area contributed by atoms with Crippen molar-refractivity contribution in [2.24, 2.45) is 0 Å². The topological polar surface area (TPSA) is 32.3 Å². The maximum Gasteiger partial charge on any atom is 0.122 e. The smallest absolute Gasteiger partial charge is 0.122 e. The summed E-state index contributed by atoms with van der Waals surface area (Å²) in [6.07, 6.45) is 5.69. The van der Waals surface area contributed by atoms with Crippen LogP contribution in [0.5, 0.6) is 5.75 Å². The number of aryl methyl sites for hydroxylation is 1. The predicted molar refractivity (Wildman–Crippen MR) is 80.9 cm³/mol. The summed E-state index contributed by atoms with van der Waals surface area (Å²) in [6, 6.07) is 4.83. The third kappa shape index (κ3) is 3.30. The van der Waals surface area contributed by atoms with Crippen molar-refractivity contribution in [1.82, 2.24) is 5.32 Å². The first-order valence-electron chi connectivity index (χ1n) is 7.70. The van der Waals surface area contributed by atoms with Crippen molar-refractivity contribution in [3.05, 3.63) is 28.8 Å². The van der Waals surface area contributed by atoms with Gasteiger partial charge in [0.25, 0.3) is 0 Å². The maximum atomic E-state index is 10.5. The average Bonchev–Trinajstić information content (AvgIpc) is 2.42. The van der Waals surface area contributed by atoms with Gasteiger partial charge in [0.2, 0.25) is 0 Å². The molecule has 0 spiro atoms. The van der Waals surface area contributed by atoms with E-state index in [9.17, 15) is 5.11 Å². The molecule has 19 heavy (non-hydrogen) atoms. The lowest BCUT2D eigenvalue weighted by atomic mass is 9.88. The summed E-state index contributed by atoms with van der Waals surface area (Å²) >= 11 is 0. The number of rotatable bonds is 4. The SMILES string of the molecule is CCc1ccc(C(C)C)c(CC2CCCCN2)c1O. The molecule has 106 valence electrons. The highest BCUT2D eigenvalue weighted by atomic mass is 16.3. The zero-order valence-corrected chi connectivity index (χ0v) is 12.5. The van der Waals surface area contributed by atoms with Crippen molar-refractivity contribution in [1.29, 1.82) is 0 Å². The van der Waals surface area contributed by atoms with Gasteiger partial charge in [0.1, 0.15) is 5.75 Å². The van der Waals surface area contributed by atoms with Crippen molar-refractivity contribution in [3.63, 3.8) is 0 Å². The Kier molecular flexibility index (Phi) is 4.87. The molecule has 1 aliphatic rings. The molecular weight excluding hydrogens is 234 g/mol. The van der Waals surface area contributed by atoms with E-state index in [4.69, 9.17) is 0 Å². The first kappa shape index (κ1) is 14.4. The van der Waals surface area contributed by atoms with Crippen LogP contribution < -0.4 is 5.32 Å². The molecule has 1 aromatic carbocycles. The number of benzene rings is 1. The third-order valence-electron chi connectivity index (χ3n) is 4.27. The predicted octanol–water partition coefficient (Wildman–Crippen LogP) is 3.76. The Morgan fingerprint density at radius 1 is 1.32 bits per heavy atom. The van der Waals surface area contributed by atoms with Gasteiger partial charge in [-0.15, -0.1) is 0 Å². The lowest BCUT2D eigenvalue weighted by Gasteiger charge is -2.26. The molecule has 0 radical (unpaired) electrons. The maximum absolute atomic E-state index is 10.5. The minimum absolute atomic E-state index is 0.468. The highest BCUT2D eigenvalue weighted by Gasteiger charge is 2.19. The van der Waals surface area contributed by atoms with Crippen molar-refractivity contribution < 1.29 is 5.11 Å². The molecule has 0 amide bonds. The number of phenols is 1. The zero-order chi connectivity index (χ0) is 13.8. The van der Waals surface area contributed by atoms with Crippen LogP contribution in [0.2, 0.25) is 0 Å². The molecule has 2 rings (SSSR count). The molecule has 1 fully saturated rings. The van der Waals surface area contributed by atoms with E-state index in [2.05, 4.69) is 38.2 Å². The molecule has 1 saturated heterocycles. The quantitative estimate of drug-likeness (QED) is 0.865. The summed E-state index contributed by atoms with van der Waals surface area (Å²) < 4.78 is 0. The number of aromatic hydroxyl groups is 1. The summed E-state index contributed by atoms with van der Waals surface area (Å²) in [4.78, 5) is 0. The van der Waals surface area contributed by atoms with Crippen LogP contribution in [0.4, 0.5) is 0 Å². The molecule has 2 heteroatoms. The molecule has 1 heterocycles. The van der Waals surface area contributed by atoms with E-state index in [1.54, 1.807) is 0 Å². The normalized spacial score (nSPS) is 19.9. The van der Waals surface area contributed by atoms with Crippen LogP contribution in [0, 0.1) is 0 Å². The van der Waals surface area contributed by atoms with Crippen molar-refractivity contribution in [2.45, 2.75) is 64.8 Å². The fourth-order valence-electron chi connectivity index (χ4n) is 3.09. The van der Waals surface area contributed by atoms with Crippen molar-refractivity contribution in [2.75, 3.05) is 6.54 Å². The lowest BCUT2D eigenvalue weighted by molar-refractivity contribution is 0.389. The summed E-state index contributed by atoms with van der Waals surface area (Å²) in [5.41, 5.74) is 3.56. The lowest BCUT2D eigenvalue weighted by Crippen LogP contribution is -2.35. The van der Waals surface area contributed by atoms with Gasteiger partial charge in [0.15, 0.2) is 0 Å². The van der Waals surface area contributed by atoms with Crippen LogP contribution >= 0.6 is 0 Å². The van der Waals surface area contributed by atoms with Gasteiger partial charge in [-0.2, -0.15) is 0 Å². The van der Waals surface area contributed by atoms with Crippen molar-refractivity contribution in [3.8, 4) is 5.75 Å². The van der Waals surface area contributed by atoms with Gasteiger partial charge in [-0.05, 0) is 54.8 Å². The molecule has 2 nitrogen and oxygen atoms in total. The largest absolute Gasteiger partial charge is 0.507 e. The second-order valence-corrected chi connectivity index (χ2v) is 6.00. The van der Waals surface area contributed by atoms with Gasteiger partial charge in [-0.1, -0.05) is 39.3 Å². The van der Waals surface area contributed by atoms with Crippen LogP contribution in [0.3, 0.4) is 0 Å². The van der Waals surface area contributed by atoms with Gasteiger partial charge in [-0.25, -0.2) is 0 Å². The van der Waals surface area contributed by atoms with Crippen LogP contribution in [-0.2, 0) is 12.8 Å². The van der Waals surface area contributed by atoms with Gasteiger partial charge in [0, 0.05) is 6.04 Å². The highest BCUT2D eigenvalue weighted by Crippen LogP contribution is 2.32. The number of phenolic OH excluding ortho intramolecular Hbond substituents is 1. The number of nitrogens with one attached hydrogen (secondary N) is 1. The Labute approximate surface area is 117 Å². The van der Waals surface area contributed by atoms with Gasteiger partial charge < -0.3 is 10.4 Å². The van der Waals surface area contributed by atoms with Crippen LogP contribution in [0.1, 0.15) is 62.6 Å². The average molecular weight is 261 g/mol. The van der Waals surface area contributed by atoms with E-state index in [0.29, 0.717) is 17.7 Å². The Balaban J connectivity index is 2.29. The minimum Gasteiger partial charge on any atom is -0.507 e. The second-order valence-electron chi connectivity index (χ2n) is 6.00. The van der Waals surface area contributed by atoms with Gasteiger partial charge in [-0.3, -0.25) is 0 Å². The summed E-state index contributed by atoms with van der Waals surface area (Å²) in [6.45, 7) is 7.64. The van der Waals surface area contributed by atoms with Gasteiger partial charge >= 0.3 is 0 Å². The monoisotopic (exact) mass is 261 g/mol. The standard InChI is InChI=1S/C17H27NO/c1-4-13-8-9-15(12(2)3)16(17(13)19)11-14-7-5-6-10-18-14/h8-9,12,14,18-19H,4-7,10-11H2,1-3H3.